The number of rotatable bonds is 21. The van der Waals surface area contributed by atoms with Crippen molar-refractivity contribution in [1.29, 1.82) is 0 Å². The second kappa shape index (κ2) is 19.4. The van der Waals surface area contributed by atoms with Gasteiger partial charge in [0, 0.05) is 0 Å². The molecule has 0 aromatic heterocycles. The first kappa shape index (κ1) is 35.4. The smallest absolute Gasteiger partial charge is 0.309 e. The molecule has 6 heteroatoms. The van der Waals surface area contributed by atoms with E-state index < -0.39 is 14.4 Å². The molecule has 0 aliphatic heterocycles. The van der Waals surface area contributed by atoms with Crippen molar-refractivity contribution in [3.8, 4) is 0 Å². The van der Waals surface area contributed by atoms with Gasteiger partial charge in [0.15, 0.2) is 8.32 Å². The van der Waals surface area contributed by atoms with Gasteiger partial charge in [-0.05, 0) is 43.0 Å². The molecule has 0 saturated heterocycles. The van der Waals surface area contributed by atoms with Gasteiger partial charge in [-0.15, -0.1) is 0 Å². The first-order valence-corrected chi connectivity index (χ1v) is 18.5. The number of unbranched alkanes of at least 4 members (excludes halogenated alkanes) is 8. The lowest BCUT2D eigenvalue weighted by atomic mass is 10.0. The minimum Gasteiger partial charge on any atom is -0.462 e. The predicted octanol–water partition coefficient (Wildman–Crippen LogP) is 9.53. The molecule has 5 nitrogen and oxygen atoms in total. The average Bonchev–Trinajstić information content (AvgIpc) is 2.86. The Morgan fingerprint density at radius 3 is 1.79 bits per heavy atom. The van der Waals surface area contributed by atoms with Crippen molar-refractivity contribution < 1.29 is 23.5 Å². The molecule has 2 atom stereocenters. The van der Waals surface area contributed by atoms with Crippen LogP contribution in [-0.4, -0.2) is 32.5 Å². The molecule has 0 saturated carbocycles. The SMILES string of the molecule is CCCCCCC[C@H](CC(=O)OCc1ccccc1)OC(=O)C[C@@H](CCCCCCC)O[Si](C)(C)C(C)(C)C. The minimum absolute atomic E-state index is 0.0703. The summed E-state index contributed by atoms with van der Waals surface area (Å²) in [6, 6.07) is 9.66. The van der Waals surface area contributed by atoms with Crippen molar-refractivity contribution in [2.24, 2.45) is 0 Å². The van der Waals surface area contributed by atoms with Crippen LogP contribution < -0.4 is 0 Å². The van der Waals surface area contributed by atoms with Gasteiger partial charge in [0.05, 0.1) is 18.9 Å². The highest BCUT2D eigenvalue weighted by molar-refractivity contribution is 6.74. The van der Waals surface area contributed by atoms with E-state index in [4.69, 9.17) is 13.9 Å². The van der Waals surface area contributed by atoms with Gasteiger partial charge in [-0.25, -0.2) is 0 Å². The Kier molecular flexibility index (Phi) is 17.6. The lowest BCUT2D eigenvalue weighted by molar-refractivity contribution is -0.157. The van der Waals surface area contributed by atoms with Crippen molar-refractivity contribution >= 4 is 20.3 Å². The maximum Gasteiger partial charge on any atom is 0.309 e. The second-order valence-corrected chi connectivity index (χ2v) is 17.3. The van der Waals surface area contributed by atoms with Crippen LogP contribution in [0.25, 0.3) is 0 Å². The number of hydrogen-bond donors (Lipinski definition) is 0. The van der Waals surface area contributed by atoms with Crippen molar-refractivity contribution in [3.63, 3.8) is 0 Å². The number of hydrogen-bond acceptors (Lipinski definition) is 5. The van der Waals surface area contributed by atoms with Crippen LogP contribution in [0.4, 0.5) is 0 Å². The Hall–Kier alpha value is -1.66. The highest BCUT2D eigenvalue weighted by Gasteiger charge is 2.39. The fraction of sp³-hybridized carbons (Fsp3) is 0.758. The van der Waals surface area contributed by atoms with Gasteiger partial charge in [-0.1, -0.05) is 123 Å². The summed E-state index contributed by atoms with van der Waals surface area (Å²) in [7, 11) is -2.04. The Balaban J connectivity index is 2.78. The van der Waals surface area contributed by atoms with Crippen LogP contribution in [0.5, 0.6) is 0 Å². The van der Waals surface area contributed by atoms with Crippen LogP contribution >= 0.6 is 0 Å². The third-order valence-corrected chi connectivity index (χ3v) is 12.4. The number of benzene rings is 1. The molecule has 0 radical (unpaired) electrons. The largest absolute Gasteiger partial charge is 0.462 e. The minimum atomic E-state index is -2.04. The molecule has 0 fully saturated rings. The van der Waals surface area contributed by atoms with Crippen LogP contribution in [0.2, 0.25) is 18.1 Å². The van der Waals surface area contributed by atoms with Crippen molar-refractivity contribution in [2.45, 2.75) is 161 Å². The van der Waals surface area contributed by atoms with Crippen LogP contribution in [0.15, 0.2) is 30.3 Å². The summed E-state index contributed by atoms with van der Waals surface area (Å²) < 4.78 is 18.2. The van der Waals surface area contributed by atoms with Gasteiger partial charge in [-0.2, -0.15) is 0 Å². The molecule has 0 heterocycles. The molecule has 1 aromatic rings. The monoisotopic (exact) mass is 562 g/mol. The van der Waals surface area contributed by atoms with Gasteiger partial charge >= 0.3 is 11.9 Å². The van der Waals surface area contributed by atoms with E-state index in [0.717, 1.165) is 44.1 Å². The molecule has 0 unspecified atom stereocenters. The number of esters is 2. The summed E-state index contributed by atoms with van der Waals surface area (Å²) in [6.45, 7) is 15.8. The quantitative estimate of drug-likeness (QED) is 0.0848. The van der Waals surface area contributed by atoms with E-state index in [1.165, 1.54) is 32.1 Å². The third kappa shape index (κ3) is 16.3. The zero-order chi connectivity index (χ0) is 29.2. The lowest BCUT2D eigenvalue weighted by Gasteiger charge is -2.39. The maximum absolute atomic E-state index is 13.2. The van der Waals surface area contributed by atoms with Crippen LogP contribution in [0.1, 0.15) is 130 Å². The van der Waals surface area contributed by atoms with Gasteiger partial charge in [0.1, 0.15) is 12.7 Å². The normalized spacial score (nSPS) is 13.6. The van der Waals surface area contributed by atoms with E-state index in [0.29, 0.717) is 6.42 Å². The van der Waals surface area contributed by atoms with Gasteiger partial charge in [-0.3, -0.25) is 9.59 Å². The Labute approximate surface area is 240 Å². The number of carbonyl (C=O) groups is 2. The first-order chi connectivity index (χ1) is 18.5. The lowest BCUT2D eigenvalue weighted by Crippen LogP contribution is -2.44. The van der Waals surface area contributed by atoms with E-state index in [9.17, 15) is 9.59 Å². The molecule has 1 aromatic carbocycles. The zero-order valence-corrected chi connectivity index (χ0v) is 27.2. The molecular formula is C33H58O5Si. The Morgan fingerprint density at radius 2 is 1.26 bits per heavy atom. The average molecular weight is 563 g/mol. The summed E-state index contributed by atoms with van der Waals surface area (Å²) in [5.41, 5.74) is 0.948. The fourth-order valence-electron chi connectivity index (χ4n) is 4.35. The number of ether oxygens (including phenoxy) is 2. The van der Waals surface area contributed by atoms with Crippen LogP contribution in [0, 0.1) is 0 Å². The fourth-order valence-corrected chi connectivity index (χ4v) is 5.74. The third-order valence-electron chi connectivity index (χ3n) is 7.86. The summed E-state index contributed by atoms with van der Waals surface area (Å²) in [5, 5.41) is 0.0703. The first-order valence-electron chi connectivity index (χ1n) is 15.5. The molecule has 1 rings (SSSR count). The summed E-state index contributed by atoms with van der Waals surface area (Å²) in [6.07, 6.45) is 12.7. The van der Waals surface area contributed by atoms with Gasteiger partial charge in [0.2, 0.25) is 0 Å². The molecule has 39 heavy (non-hydrogen) atoms. The predicted molar refractivity (Wildman–Crippen MR) is 164 cm³/mol. The van der Waals surface area contributed by atoms with E-state index in [-0.39, 0.29) is 42.5 Å². The van der Waals surface area contributed by atoms with E-state index in [1.807, 2.05) is 30.3 Å². The van der Waals surface area contributed by atoms with Gasteiger partial charge < -0.3 is 13.9 Å². The highest BCUT2D eigenvalue weighted by Crippen LogP contribution is 2.38. The van der Waals surface area contributed by atoms with Crippen molar-refractivity contribution in [1.82, 2.24) is 0 Å². The molecule has 0 bridgehead atoms. The highest BCUT2D eigenvalue weighted by atomic mass is 28.4. The maximum atomic E-state index is 13.2. The van der Waals surface area contributed by atoms with Crippen molar-refractivity contribution in [2.75, 3.05) is 0 Å². The standard InChI is InChI=1S/C33H58O5Si/c1-8-10-12-14-19-23-29(25-31(34)36-27-28-21-17-16-18-22-28)37-32(35)26-30(24-20-15-13-11-9-2)38-39(6,7)33(3,4)5/h16-18,21-22,29-30H,8-15,19-20,23-27H2,1-7H3/t29-,30-/m1/s1. The molecule has 224 valence electrons. The van der Waals surface area contributed by atoms with Crippen LogP contribution in [0.3, 0.4) is 0 Å². The molecule has 0 amide bonds. The van der Waals surface area contributed by atoms with E-state index in [2.05, 4.69) is 47.7 Å². The Bertz CT molecular complexity index is 787. The molecule has 0 spiro atoms. The van der Waals surface area contributed by atoms with E-state index >= 15 is 0 Å². The summed E-state index contributed by atoms with van der Waals surface area (Å²) in [4.78, 5) is 25.9. The molecule has 0 N–H and O–H groups in total. The summed E-state index contributed by atoms with van der Waals surface area (Å²) >= 11 is 0. The van der Waals surface area contributed by atoms with Crippen LogP contribution in [-0.2, 0) is 30.1 Å². The van der Waals surface area contributed by atoms with Crippen molar-refractivity contribution in [3.05, 3.63) is 35.9 Å². The number of carbonyl (C=O) groups excluding carboxylic acids is 2. The van der Waals surface area contributed by atoms with E-state index in [1.54, 1.807) is 0 Å². The van der Waals surface area contributed by atoms with Gasteiger partial charge in [0.25, 0.3) is 0 Å². The molecule has 0 aliphatic rings. The molecular weight excluding hydrogens is 504 g/mol. The summed E-state index contributed by atoms with van der Waals surface area (Å²) in [5.74, 6) is -0.586. The Morgan fingerprint density at radius 1 is 0.744 bits per heavy atom. The topological polar surface area (TPSA) is 61.8 Å². The second-order valence-electron chi connectivity index (χ2n) is 12.6. The zero-order valence-electron chi connectivity index (χ0n) is 26.2. The molecule has 0 aliphatic carbocycles.